The highest BCUT2D eigenvalue weighted by Gasteiger charge is 2.35. The van der Waals surface area contributed by atoms with E-state index in [1.54, 1.807) is 12.3 Å². The Bertz CT molecular complexity index is 1200. The lowest BCUT2D eigenvalue weighted by Crippen LogP contribution is -2.38. The lowest BCUT2D eigenvalue weighted by molar-refractivity contribution is -0.142. The number of carbonyl (C=O) groups is 1. The normalized spacial score (nSPS) is 15.8. The van der Waals surface area contributed by atoms with Crippen LogP contribution in [0.4, 0.5) is 24.5 Å². The number of hydrogen-bond acceptors (Lipinski definition) is 5. The molecule has 0 bridgehead atoms. The number of anilines is 2. The fourth-order valence-electron chi connectivity index (χ4n) is 4.14. The molecule has 2 aromatic carbocycles. The van der Waals surface area contributed by atoms with Crippen molar-refractivity contribution in [2.75, 3.05) is 12.0 Å². The molecule has 0 amide bonds. The van der Waals surface area contributed by atoms with E-state index in [9.17, 15) is 23.1 Å². The maximum absolute atomic E-state index is 13.4. The predicted octanol–water partition coefficient (Wildman–Crippen LogP) is 6.72. The van der Waals surface area contributed by atoms with Gasteiger partial charge in [-0.3, -0.25) is 0 Å². The SMILES string of the molecule is CCC(C(=O)OC)N(c1cccc(C(F)(F)F)c1)c1csc(C2C=Cc3ccccc32)c1O. The molecule has 1 N–H and O–H groups in total. The van der Waals surface area contributed by atoms with E-state index in [-0.39, 0.29) is 29.5 Å². The first-order chi connectivity index (χ1) is 15.8. The van der Waals surface area contributed by atoms with Crippen LogP contribution in [0.15, 0.2) is 60.0 Å². The molecule has 1 aliphatic rings. The van der Waals surface area contributed by atoms with E-state index >= 15 is 0 Å². The molecule has 1 aromatic heterocycles. The van der Waals surface area contributed by atoms with Crippen molar-refractivity contribution in [3.05, 3.63) is 81.6 Å². The highest BCUT2D eigenvalue weighted by Crippen LogP contribution is 2.49. The Kier molecular flexibility index (Phi) is 6.21. The van der Waals surface area contributed by atoms with Crippen LogP contribution in [0, 0.1) is 0 Å². The monoisotopic (exact) mass is 473 g/mol. The van der Waals surface area contributed by atoms with E-state index in [0.29, 0.717) is 4.88 Å². The Hall–Kier alpha value is -3.26. The van der Waals surface area contributed by atoms with Crippen molar-refractivity contribution in [3.63, 3.8) is 0 Å². The minimum absolute atomic E-state index is 0.0638. The largest absolute Gasteiger partial charge is 0.505 e. The van der Waals surface area contributed by atoms with Crippen LogP contribution in [0.1, 0.15) is 40.8 Å². The second-order valence-corrected chi connectivity index (χ2v) is 8.58. The number of nitrogens with zero attached hydrogens (tertiary/aromatic N) is 1. The predicted molar refractivity (Wildman–Crippen MR) is 123 cm³/mol. The first-order valence-corrected chi connectivity index (χ1v) is 11.3. The summed E-state index contributed by atoms with van der Waals surface area (Å²) >= 11 is 1.30. The van der Waals surface area contributed by atoms with Gasteiger partial charge in [0.2, 0.25) is 0 Å². The summed E-state index contributed by atoms with van der Waals surface area (Å²) in [6.07, 6.45) is -0.326. The molecule has 33 heavy (non-hydrogen) atoms. The first kappa shape index (κ1) is 22.9. The lowest BCUT2D eigenvalue weighted by Gasteiger charge is -2.31. The summed E-state index contributed by atoms with van der Waals surface area (Å²) in [5.74, 6) is -0.846. The topological polar surface area (TPSA) is 49.8 Å². The molecule has 0 saturated carbocycles. The van der Waals surface area contributed by atoms with E-state index in [1.807, 2.05) is 36.4 Å². The highest BCUT2D eigenvalue weighted by atomic mass is 32.1. The highest BCUT2D eigenvalue weighted by molar-refractivity contribution is 7.11. The molecule has 8 heteroatoms. The van der Waals surface area contributed by atoms with Gasteiger partial charge < -0.3 is 14.7 Å². The smallest absolute Gasteiger partial charge is 0.416 e. The van der Waals surface area contributed by atoms with Crippen LogP contribution in [-0.4, -0.2) is 24.2 Å². The number of alkyl halides is 3. The average Bonchev–Trinajstić information content (AvgIpc) is 3.39. The van der Waals surface area contributed by atoms with E-state index < -0.39 is 23.8 Å². The third-order valence-corrected chi connectivity index (χ3v) is 6.78. The number of benzene rings is 2. The third-order valence-electron chi connectivity index (χ3n) is 5.74. The van der Waals surface area contributed by atoms with Crippen molar-refractivity contribution in [1.82, 2.24) is 0 Å². The molecule has 3 aromatic rings. The molecule has 0 radical (unpaired) electrons. The standard InChI is InChI=1S/C25H22F3NO3S/c1-3-20(24(31)32-2)29(17-9-6-8-16(13-17)25(26,27)28)21-14-33-23(22(21)30)19-12-11-15-7-4-5-10-18(15)19/h4-14,19-20,30H,3H2,1-2H3. The van der Waals surface area contributed by atoms with E-state index in [0.717, 1.165) is 23.3 Å². The number of allylic oxidation sites excluding steroid dienone is 1. The van der Waals surface area contributed by atoms with Crippen molar-refractivity contribution >= 4 is 34.8 Å². The summed E-state index contributed by atoms with van der Waals surface area (Å²) in [7, 11) is 1.23. The molecular formula is C25H22F3NO3S. The van der Waals surface area contributed by atoms with Gasteiger partial charge in [-0.1, -0.05) is 49.4 Å². The summed E-state index contributed by atoms with van der Waals surface area (Å²) in [5.41, 5.74) is 1.65. The zero-order chi connectivity index (χ0) is 23.8. The molecule has 4 nitrogen and oxygen atoms in total. The zero-order valence-electron chi connectivity index (χ0n) is 18.0. The van der Waals surface area contributed by atoms with Gasteiger partial charge in [-0.05, 0) is 35.7 Å². The van der Waals surface area contributed by atoms with Gasteiger partial charge in [-0.2, -0.15) is 13.2 Å². The van der Waals surface area contributed by atoms with Crippen molar-refractivity contribution in [3.8, 4) is 5.75 Å². The maximum Gasteiger partial charge on any atom is 0.416 e. The van der Waals surface area contributed by atoms with Crippen LogP contribution in [0.3, 0.4) is 0 Å². The van der Waals surface area contributed by atoms with Gasteiger partial charge in [-0.15, -0.1) is 11.3 Å². The number of methoxy groups -OCH3 is 1. The van der Waals surface area contributed by atoms with E-state index in [2.05, 4.69) is 0 Å². The minimum atomic E-state index is -4.55. The zero-order valence-corrected chi connectivity index (χ0v) is 18.8. The van der Waals surface area contributed by atoms with Gasteiger partial charge >= 0.3 is 12.1 Å². The quantitative estimate of drug-likeness (QED) is 0.404. The molecule has 1 aliphatic carbocycles. The Labute approximate surface area is 193 Å². The number of aromatic hydroxyl groups is 1. The van der Waals surface area contributed by atoms with Gasteiger partial charge in [0, 0.05) is 17.0 Å². The number of fused-ring (bicyclic) bond motifs is 1. The molecular weight excluding hydrogens is 451 g/mol. The molecule has 0 saturated heterocycles. The number of carbonyl (C=O) groups excluding carboxylic acids is 1. The Morgan fingerprint density at radius 3 is 2.67 bits per heavy atom. The third kappa shape index (κ3) is 4.23. The fourth-order valence-corrected chi connectivity index (χ4v) is 5.17. The van der Waals surface area contributed by atoms with Crippen molar-refractivity contribution in [2.45, 2.75) is 31.5 Å². The molecule has 2 atom stereocenters. The maximum atomic E-state index is 13.4. The summed E-state index contributed by atoms with van der Waals surface area (Å²) in [6.45, 7) is 1.74. The van der Waals surface area contributed by atoms with Crippen molar-refractivity contribution in [1.29, 1.82) is 0 Å². The lowest BCUT2D eigenvalue weighted by atomic mass is 9.98. The van der Waals surface area contributed by atoms with Gasteiger partial charge in [0.25, 0.3) is 0 Å². The number of ether oxygens (including phenoxy) is 1. The average molecular weight is 474 g/mol. The van der Waals surface area contributed by atoms with Crippen LogP contribution in [0.5, 0.6) is 5.75 Å². The first-order valence-electron chi connectivity index (χ1n) is 10.4. The molecule has 0 aliphatic heterocycles. The Morgan fingerprint density at radius 2 is 1.97 bits per heavy atom. The Balaban J connectivity index is 1.83. The van der Waals surface area contributed by atoms with Crippen LogP contribution >= 0.6 is 11.3 Å². The summed E-state index contributed by atoms with van der Waals surface area (Å²) in [4.78, 5) is 14.7. The second kappa shape index (κ2) is 8.94. The number of hydrogen-bond donors (Lipinski definition) is 1. The number of esters is 1. The van der Waals surface area contributed by atoms with Gasteiger partial charge in [0.05, 0.1) is 23.2 Å². The van der Waals surface area contributed by atoms with Crippen LogP contribution < -0.4 is 4.90 Å². The number of halogens is 3. The van der Waals surface area contributed by atoms with Crippen LogP contribution in [-0.2, 0) is 15.7 Å². The van der Waals surface area contributed by atoms with Crippen LogP contribution in [0.25, 0.3) is 6.08 Å². The molecule has 2 unspecified atom stereocenters. The van der Waals surface area contributed by atoms with Crippen molar-refractivity contribution in [2.24, 2.45) is 0 Å². The fraction of sp³-hybridized carbons (Fsp3) is 0.240. The van der Waals surface area contributed by atoms with Crippen LogP contribution in [0.2, 0.25) is 0 Å². The molecule has 0 spiro atoms. The van der Waals surface area contributed by atoms with Gasteiger partial charge in [0.1, 0.15) is 6.04 Å². The van der Waals surface area contributed by atoms with E-state index in [1.165, 1.54) is 35.5 Å². The molecule has 172 valence electrons. The van der Waals surface area contributed by atoms with Gasteiger partial charge in [-0.25, -0.2) is 4.79 Å². The molecule has 1 heterocycles. The number of rotatable bonds is 6. The number of thiophene rings is 1. The second-order valence-electron chi connectivity index (χ2n) is 7.66. The van der Waals surface area contributed by atoms with Crippen molar-refractivity contribution < 1.29 is 27.8 Å². The molecule has 4 rings (SSSR count). The summed E-state index contributed by atoms with van der Waals surface area (Å²) in [6, 6.07) is 11.6. The van der Waals surface area contributed by atoms with E-state index in [4.69, 9.17) is 4.74 Å². The molecule has 0 fully saturated rings. The summed E-state index contributed by atoms with van der Waals surface area (Å²) in [5, 5.41) is 12.9. The Morgan fingerprint density at radius 1 is 1.21 bits per heavy atom. The minimum Gasteiger partial charge on any atom is -0.505 e. The van der Waals surface area contributed by atoms with Gasteiger partial charge in [0.15, 0.2) is 5.75 Å². The summed E-state index contributed by atoms with van der Waals surface area (Å²) < 4.78 is 45.1.